The number of benzene rings is 2. The number of aromatic nitrogens is 3. The number of halogens is 5. The second-order valence-electron chi connectivity index (χ2n) is 8.99. The topological polar surface area (TPSA) is 78.2 Å². The average Bonchev–Trinajstić information content (AvgIpc) is 3.71. The van der Waals surface area contributed by atoms with Crippen molar-refractivity contribution >= 4 is 11.6 Å². The number of pyridine rings is 1. The number of nitrogens with one attached hydrogen (secondary N) is 1. The molecule has 1 aliphatic carbocycles. The highest BCUT2D eigenvalue weighted by Gasteiger charge is 2.36. The van der Waals surface area contributed by atoms with Crippen molar-refractivity contribution in [3.05, 3.63) is 93.9 Å². The van der Waals surface area contributed by atoms with E-state index in [9.17, 15) is 31.5 Å². The molecule has 2 heterocycles. The molecule has 7 nitrogen and oxygen atoms in total. The first kappa shape index (κ1) is 26.1. The minimum atomic E-state index is -4.80. The summed E-state index contributed by atoms with van der Waals surface area (Å²) < 4.78 is 72.6. The number of amides is 1. The molecule has 1 aliphatic rings. The highest BCUT2D eigenvalue weighted by atomic mass is 19.4. The Hall–Kier alpha value is -4.48. The largest absolute Gasteiger partial charge is 0.435 e. The third kappa shape index (κ3) is 5.27. The molecule has 1 saturated carbocycles. The van der Waals surface area contributed by atoms with Crippen molar-refractivity contribution in [1.82, 2.24) is 14.3 Å². The summed E-state index contributed by atoms with van der Waals surface area (Å²) in [6.45, 7) is -3.05. The third-order valence-electron chi connectivity index (χ3n) is 6.37. The van der Waals surface area contributed by atoms with Gasteiger partial charge in [0.25, 0.3) is 11.5 Å². The minimum absolute atomic E-state index is 0.00951. The Balaban J connectivity index is 1.61. The number of hydrogen-bond acceptors (Lipinski definition) is 4. The molecule has 2 aromatic carbocycles. The van der Waals surface area contributed by atoms with Gasteiger partial charge in [0.2, 0.25) is 0 Å². The fourth-order valence-corrected chi connectivity index (χ4v) is 4.38. The van der Waals surface area contributed by atoms with E-state index < -0.39 is 35.6 Å². The number of carbonyl (C=O) groups is 1. The summed E-state index contributed by atoms with van der Waals surface area (Å²) in [7, 11) is 1.40. The van der Waals surface area contributed by atoms with Crippen LogP contribution >= 0.6 is 0 Å². The Kier molecular flexibility index (Phi) is 6.71. The van der Waals surface area contributed by atoms with Crippen LogP contribution in [0.5, 0.6) is 5.75 Å². The average molecular weight is 544 g/mol. The summed E-state index contributed by atoms with van der Waals surface area (Å²) in [5.41, 5.74) is -0.581. The summed E-state index contributed by atoms with van der Waals surface area (Å²) in [5.74, 6) is -1.15. The van der Waals surface area contributed by atoms with E-state index in [-0.39, 0.29) is 22.7 Å². The van der Waals surface area contributed by atoms with Crippen molar-refractivity contribution in [3.63, 3.8) is 0 Å². The van der Waals surface area contributed by atoms with E-state index >= 15 is 0 Å². The molecule has 2 aromatic heterocycles. The maximum Gasteiger partial charge on any atom is 0.420 e. The zero-order valence-corrected chi connectivity index (χ0v) is 20.4. The summed E-state index contributed by atoms with van der Waals surface area (Å²) in [6, 6.07) is 13.9. The molecular weight excluding hydrogens is 523 g/mol. The molecule has 4 aromatic rings. The molecule has 39 heavy (non-hydrogen) atoms. The summed E-state index contributed by atoms with van der Waals surface area (Å²) in [6.07, 6.45) is -1.53. The molecule has 0 saturated heterocycles. The van der Waals surface area contributed by atoms with Gasteiger partial charge < -0.3 is 10.1 Å². The molecule has 1 N–H and O–H groups in total. The number of hydrogen-bond donors (Lipinski definition) is 1. The molecule has 0 atom stereocenters. The number of nitrogens with zero attached hydrogens (tertiary/aromatic N) is 3. The van der Waals surface area contributed by atoms with Crippen LogP contribution in [0.25, 0.3) is 17.1 Å². The van der Waals surface area contributed by atoms with E-state index in [0.29, 0.717) is 11.5 Å². The van der Waals surface area contributed by atoms with Crippen LogP contribution in [0.15, 0.2) is 71.7 Å². The molecule has 0 bridgehead atoms. The zero-order chi connectivity index (χ0) is 27.9. The molecule has 5 rings (SSSR count). The fraction of sp³-hybridized carbons (Fsp3) is 0.222. The predicted octanol–water partition coefficient (Wildman–Crippen LogP) is 5.99. The predicted molar refractivity (Wildman–Crippen MR) is 132 cm³/mol. The standard InChI is InChI=1S/C27H21F5N4O3/c1-35-22(17-8-6-16(7-9-17)15-4-5-15)21(34-24(37)18-10-12-19(13-11-18)39-26(28)29)25(38)36(35)23-20(27(30,31)32)3-2-14-33-23/h2-3,6-15,26H,4-5H2,1H3,(H,34,37). The third-order valence-corrected chi connectivity index (χ3v) is 6.37. The summed E-state index contributed by atoms with van der Waals surface area (Å²) in [4.78, 5) is 30.5. The van der Waals surface area contributed by atoms with Gasteiger partial charge in [0.15, 0.2) is 5.82 Å². The van der Waals surface area contributed by atoms with Crippen LogP contribution in [0.2, 0.25) is 0 Å². The molecule has 0 spiro atoms. The van der Waals surface area contributed by atoms with Crippen LogP contribution in [0.4, 0.5) is 27.6 Å². The van der Waals surface area contributed by atoms with Crippen LogP contribution in [0.1, 0.15) is 40.2 Å². The van der Waals surface area contributed by atoms with Gasteiger partial charge in [0.05, 0.1) is 5.69 Å². The van der Waals surface area contributed by atoms with Gasteiger partial charge >= 0.3 is 12.8 Å². The van der Waals surface area contributed by atoms with Crippen LogP contribution in [0.3, 0.4) is 0 Å². The molecule has 0 radical (unpaired) electrons. The number of anilines is 1. The van der Waals surface area contributed by atoms with E-state index in [2.05, 4.69) is 15.0 Å². The van der Waals surface area contributed by atoms with E-state index in [1.807, 2.05) is 12.1 Å². The Bertz CT molecular complexity index is 1570. The van der Waals surface area contributed by atoms with Crippen molar-refractivity contribution in [2.75, 3.05) is 5.32 Å². The number of carbonyl (C=O) groups excluding carboxylic acids is 1. The lowest BCUT2D eigenvalue weighted by Crippen LogP contribution is -2.26. The van der Waals surface area contributed by atoms with Gasteiger partial charge in [-0.3, -0.25) is 14.3 Å². The van der Waals surface area contributed by atoms with Crippen molar-refractivity contribution in [3.8, 4) is 22.8 Å². The number of rotatable bonds is 7. The molecule has 12 heteroatoms. The minimum Gasteiger partial charge on any atom is -0.435 e. The smallest absolute Gasteiger partial charge is 0.420 e. The lowest BCUT2D eigenvalue weighted by atomic mass is 10.1. The molecule has 1 fully saturated rings. The molecular formula is C27H21F5N4O3. The van der Waals surface area contributed by atoms with Gasteiger partial charge in [0.1, 0.15) is 17.0 Å². The highest BCUT2D eigenvalue weighted by molar-refractivity contribution is 6.06. The Morgan fingerprint density at radius 3 is 2.31 bits per heavy atom. The van der Waals surface area contributed by atoms with E-state index in [0.717, 1.165) is 53.5 Å². The van der Waals surface area contributed by atoms with Crippen molar-refractivity contribution in [2.24, 2.45) is 7.05 Å². The van der Waals surface area contributed by atoms with Gasteiger partial charge in [-0.25, -0.2) is 4.98 Å². The molecule has 202 valence electrons. The van der Waals surface area contributed by atoms with Crippen LogP contribution in [0, 0.1) is 0 Å². The Labute approximate surface area is 218 Å². The van der Waals surface area contributed by atoms with Crippen molar-refractivity contribution in [1.29, 1.82) is 0 Å². The maximum absolute atomic E-state index is 13.8. The number of alkyl halides is 5. The fourth-order valence-electron chi connectivity index (χ4n) is 4.38. The monoisotopic (exact) mass is 544 g/mol. The maximum atomic E-state index is 13.8. The van der Waals surface area contributed by atoms with E-state index in [1.54, 1.807) is 12.1 Å². The Morgan fingerprint density at radius 1 is 1.05 bits per heavy atom. The lowest BCUT2D eigenvalue weighted by Gasteiger charge is -2.15. The van der Waals surface area contributed by atoms with Crippen LogP contribution < -0.4 is 15.6 Å². The van der Waals surface area contributed by atoms with Crippen molar-refractivity contribution in [2.45, 2.75) is 31.5 Å². The highest BCUT2D eigenvalue weighted by Crippen LogP contribution is 2.41. The van der Waals surface area contributed by atoms with Crippen LogP contribution in [-0.4, -0.2) is 26.9 Å². The van der Waals surface area contributed by atoms with E-state index in [1.165, 1.54) is 23.9 Å². The molecule has 0 aliphatic heterocycles. The van der Waals surface area contributed by atoms with Gasteiger partial charge in [-0.15, -0.1) is 0 Å². The van der Waals surface area contributed by atoms with Crippen LogP contribution in [-0.2, 0) is 13.2 Å². The Morgan fingerprint density at radius 2 is 1.72 bits per heavy atom. The van der Waals surface area contributed by atoms with Gasteiger partial charge in [0, 0.05) is 24.4 Å². The lowest BCUT2D eigenvalue weighted by molar-refractivity contribution is -0.137. The quantitative estimate of drug-likeness (QED) is 0.290. The van der Waals surface area contributed by atoms with E-state index in [4.69, 9.17) is 0 Å². The summed E-state index contributed by atoms with van der Waals surface area (Å²) in [5, 5.41) is 2.50. The zero-order valence-electron chi connectivity index (χ0n) is 20.4. The molecule has 0 unspecified atom stereocenters. The first-order chi connectivity index (χ1) is 18.5. The molecule has 1 amide bonds. The first-order valence-corrected chi connectivity index (χ1v) is 11.9. The number of ether oxygens (including phenoxy) is 1. The van der Waals surface area contributed by atoms with Gasteiger partial charge in [-0.05, 0) is 60.7 Å². The van der Waals surface area contributed by atoms with Crippen molar-refractivity contribution < 1.29 is 31.5 Å². The second kappa shape index (κ2) is 10.0. The SMILES string of the molecule is Cn1c(-c2ccc(C3CC3)cc2)c(NC(=O)c2ccc(OC(F)F)cc2)c(=O)n1-c1ncccc1C(F)(F)F. The van der Waals surface area contributed by atoms with Gasteiger partial charge in [-0.2, -0.15) is 26.6 Å². The second-order valence-corrected chi connectivity index (χ2v) is 8.99. The van der Waals surface area contributed by atoms with Gasteiger partial charge in [-0.1, -0.05) is 24.3 Å². The first-order valence-electron chi connectivity index (χ1n) is 11.9. The summed E-state index contributed by atoms with van der Waals surface area (Å²) >= 11 is 0. The normalized spacial score (nSPS) is 13.5.